The second-order valence-electron chi connectivity index (χ2n) is 4.71. The number of nitrogens with one attached hydrogen (secondary N) is 1. The van der Waals surface area contributed by atoms with Gasteiger partial charge in [0.1, 0.15) is 0 Å². The summed E-state index contributed by atoms with van der Waals surface area (Å²) in [6.45, 7) is 3.64. The molecule has 0 bridgehead atoms. The third kappa shape index (κ3) is 2.69. The molecule has 2 fully saturated rings. The van der Waals surface area contributed by atoms with Gasteiger partial charge in [-0.3, -0.25) is 4.79 Å². The van der Waals surface area contributed by atoms with Crippen molar-refractivity contribution in [2.24, 2.45) is 11.7 Å². The third-order valence-corrected chi connectivity index (χ3v) is 3.50. The standard InChI is InChI=1S/C11H21N3O/c12-10-3-6-14(7-4-10)11(15)9-2-1-5-13-8-9/h9-10,13H,1-8,12H2. The predicted octanol–water partition coefficient (Wildman–Crippen LogP) is -0.0643. The van der Waals surface area contributed by atoms with Crippen molar-refractivity contribution in [1.82, 2.24) is 10.2 Å². The summed E-state index contributed by atoms with van der Waals surface area (Å²) in [5, 5.41) is 3.29. The van der Waals surface area contributed by atoms with Gasteiger partial charge in [0, 0.05) is 25.7 Å². The zero-order chi connectivity index (χ0) is 10.7. The van der Waals surface area contributed by atoms with Gasteiger partial charge in [-0.1, -0.05) is 0 Å². The van der Waals surface area contributed by atoms with Gasteiger partial charge in [0.25, 0.3) is 0 Å². The smallest absolute Gasteiger partial charge is 0.226 e. The van der Waals surface area contributed by atoms with Gasteiger partial charge in [-0.2, -0.15) is 0 Å². The van der Waals surface area contributed by atoms with E-state index >= 15 is 0 Å². The lowest BCUT2D eigenvalue weighted by Gasteiger charge is -2.34. The van der Waals surface area contributed by atoms with Gasteiger partial charge < -0.3 is 16.0 Å². The van der Waals surface area contributed by atoms with Gasteiger partial charge in [0.2, 0.25) is 5.91 Å². The number of piperidine rings is 2. The van der Waals surface area contributed by atoms with Crippen molar-refractivity contribution < 1.29 is 4.79 Å². The minimum atomic E-state index is 0.216. The molecule has 4 nitrogen and oxygen atoms in total. The van der Waals surface area contributed by atoms with E-state index in [2.05, 4.69) is 5.32 Å². The van der Waals surface area contributed by atoms with E-state index in [0.29, 0.717) is 11.9 Å². The summed E-state index contributed by atoms with van der Waals surface area (Å²) in [4.78, 5) is 14.1. The first kappa shape index (κ1) is 10.9. The Balaban J connectivity index is 1.84. The number of nitrogens with zero attached hydrogens (tertiary/aromatic N) is 1. The summed E-state index contributed by atoms with van der Waals surface area (Å²) in [6, 6.07) is 0.304. The molecular weight excluding hydrogens is 190 g/mol. The second-order valence-corrected chi connectivity index (χ2v) is 4.71. The molecule has 86 valence electrons. The van der Waals surface area contributed by atoms with Crippen molar-refractivity contribution in [3.05, 3.63) is 0 Å². The van der Waals surface area contributed by atoms with Crippen LogP contribution in [0.25, 0.3) is 0 Å². The maximum absolute atomic E-state index is 12.1. The van der Waals surface area contributed by atoms with Crippen LogP contribution in [0.3, 0.4) is 0 Å². The molecule has 0 aromatic carbocycles. The Bertz CT molecular complexity index is 218. The van der Waals surface area contributed by atoms with Crippen molar-refractivity contribution in [1.29, 1.82) is 0 Å². The van der Waals surface area contributed by atoms with Crippen molar-refractivity contribution >= 4 is 5.91 Å². The first-order valence-electron chi connectivity index (χ1n) is 6.02. The molecule has 0 radical (unpaired) electrons. The van der Waals surface area contributed by atoms with Gasteiger partial charge in [-0.05, 0) is 32.2 Å². The van der Waals surface area contributed by atoms with Crippen molar-refractivity contribution in [3.8, 4) is 0 Å². The summed E-state index contributed by atoms with van der Waals surface area (Å²) in [6.07, 6.45) is 4.11. The van der Waals surface area contributed by atoms with Crippen LogP contribution in [0, 0.1) is 5.92 Å². The van der Waals surface area contributed by atoms with Crippen LogP contribution in [-0.4, -0.2) is 43.0 Å². The summed E-state index contributed by atoms with van der Waals surface area (Å²) < 4.78 is 0. The molecule has 3 N–H and O–H groups in total. The number of carbonyl (C=O) groups excluding carboxylic acids is 1. The number of likely N-dealkylation sites (tertiary alicyclic amines) is 1. The molecule has 2 saturated heterocycles. The maximum atomic E-state index is 12.1. The van der Waals surface area contributed by atoms with Crippen LogP contribution < -0.4 is 11.1 Å². The van der Waals surface area contributed by atoms with Crippen LogP contribution in [-0.2, 0) is 4.79 Å². The Kier molecular flexibility index (Phi) is 3.59. The fourth-order valence-electron chi connectivity index (χ4n) is 2.44. The lowest BCUT2D eigenvalue weighted by molar-refractivity contribution is -0.137. The van der Waals surface area contributed by atoms with Crippen molar-refractivity contribution in [3.63, 3.8) is 0 Å². The minimum Gasteiger partial charge on any atom is -0.342 e. The molecule has 0 aromatic rings. The van der Waals surface area contributed by atoms with Gasteiger partial charge in [0.05, 0.1) is 5.92 Å². The van der Waals surface area contributed by atoms with E-state index in [9.17, 15) is 4.79 Å². The summed E-state index contributed by atoms with van der Waals surface area (Å²) in [5.74, 6) is 0.558. The Labute approximate surface area is 91.2 Å². The monoisotopic (exact) mass is 211 g/mol. The predicted molar refractivity (Wildman–Crippen MR) is 59.4 cm³/mol. The molecule has 1 atom stereocenters. The number of carbonyl (C=O) groups is 1. The molecule has 2 rings (SSSR count). The fraction of sp³-hybridized carbons (Fsp3) is 0.909. The summed E-state index contributed by atoms with van der Waals surface area (Å²) in [7, 11) is 0. The number of amides is 1. The number of hydrogen-bond acceptors (Lipinski definition) is 3. The van der Waals surface area contributed by atoms with Gasteiger partial charge in [0.15, 0.2) is 0 Å². The summed E-state index contributed by atoms with van der Waals surface area (Å²) >= 11 is 0. The quantitative estimate of drug-likeness (QED) is 0.638. The van der Waals surface area contributed by atoms with Crippen molar-refractivity contribution in [2.45, 2.75) is 31.7 Å². The zero-order valence-electron chi connectivity index (χ0n) is 9.24. The van der Waals surface area contributed by atoms with Crippen molar-refractivity contribution in [2.75, 3.05) is 26.2 Å². The van der Waals surface area contributed by atoms with Crippen LogP contribution in [0.4, 0.5) is 0 Å². The van der Waals surface area contributed by atoms with Gasteiger partial charge in [-0.15, -0.1) is 0 Å². The van der Waals surface area contributed by atoms with E-state index in [4.69, 9.17) is 5.73 Å². The molecule has 1 unspecified atom stereocenters. The normalized spacial score (nSPS) is 29.1. The van der Waals surface area contributed by atoms with E-state index in [-0.39, 0.29) is 5.92 Å². The Hall–Kier alpha value is -0.610. The van der Waals surface area contributed by atoms with Gasteiger partial charge in [-0.25, -0.2) is 0 Å². The average molecular weight is 211 g/mol. The molecule has 15 heavy (non-hydrogen) atoms. The Morgan fingerprint density at radius 1 is 1.27 bits per heavy atom. The first-order chi connectivity index (χ1) is 7.27. The number of nitrogens with two attached hydrogens (primary N) is 1. The number of rotatable bonds is 1. The maximum Gasteiger partial charge on any atom is 0.226 e. The molecular formula is C11H21N3O. The van der Waals surface area contributed by atoms with Crippen LogP contribution in [0.15, 0.2) is 0 Å². The molecule has 0 aromatic heterocycles. The lowest BCUT2D eigenvalue weighted by atomic mass is 9.96. The zero-order valence-corrected chi connectivity index (χ0v) is 9.24. The van der Waals surface area contributed by atoms with Crippen LogP contribution in [0.1, 0.15) is 25.7 Å². The number of hydrogen-bond donors (Lipinski definition) is 2. The largest absolute Gasteiger partial charge is 0.342 e. The fourth-order valence-corrected chi connectivity index (χ4v) is 2.44. The molecule has 4 heteroatoms. The Morgan fingerprint density at radius 3 is 2.60 bits per heavy atom. The first-order valence-corrected chi connectivity index (χ1v) is 6.02. The van der Waals surface area contributed by atoms with Crippen LogP contribution in [0.5, 0.6) is 0 Å². The Morgan fingerprint density at radius 2 is 2.00 bits per heavy atom. The van der Waals surface area contributed by atoms with Crippen LogP contribution in [0.2, 0.25) is 0 Å². The molecule has 2 heterocycles. The highest BCUT2D eigenvalue weighted by Crippen LogP contribution is 2.16. The topological polar surface area (TPSA) is 58.4 Å². The third-order valence-electron chi connectivity index (χ3n) is 3.50. The van der Waals surface area contributed by atoms with Gasteiger partial charge >= 0.3 is 0 Å². The molecule has 0 aliphatic carbocycles. The second kappa shape index (κ2) is 4.94. The van der Waals surface area contributed by atoms with E-state index in [1.54, 1.807) is 0 Å². The molecule has 0 spiro atoms. The highest BCUT2D eigenvalue weighted by Gasteiger charge is 2.27. The lowest BCUT2D eigenvalue weighted by Crippen LogP contribution is -2.48. The minimum absolute atomic E-state index is 0.216. The van der Waals surface area contributed by atoms with E-state index in [1.165, 1.54) is 0 Å². The van der Waals surface area contributed by atoms with E-state index in [1.807, 2.05) is 4.90 Å². The highest BCUT2D eigenvalue weighted by molar-refractivity contribution is 5.79. The molecule has 2 aliphatic rings. The van der Waals surface area contributed by atoms with E-state index in [0.717, 1.165) is 51.9 Å². The SMILES string of the molecule is NC1CCN(C(=O)C2CCCNC2)CC1. The molecule has 0 saturated carbocycles. The average Bonchev–Trinajstić information content (AvgIpc) is 2.30. The molecule has 2 aliphatic heterocycles. The van der Waals surface area contributed by atoms with Crippen LogP contribution >= 0.6 is 0 Å². The molecule has 1 amide bonds. The summed E-state index contributed by atoms with van der Waals surface area (Å²) in [5.41, 5.74) is 5.83. The highest BCUT2D eigenvalue weighted by atomic mass is 16.2. The van der Waals surface area contributed by atoms with E-state index < -0.39 is 0 Å².